The smallest absolute Gasteiger partial charge is 0.171 e. The van der Waals surface area contributed by atoms with E-state index < -0.39 is 6.10 Å². The van der Waals surface area contributed by atoms with Crippen molar-refractivity contribution in [1.29, 1.82) is 0 Å². The number of rotatable bonds is 10. The van der Waals surface area contributed by atoms with Gasteiger partial charge in [-0.25, -0.2) is 0 Å². The second-order valence-electron chi connectivity index (χ2n) is 7.33. The molecule has 0 aromatic heterocycles. The van der Waals surface area contributed by atoms with Crippen LogP contribution in [0.4, 0.5) is 0 Å². The Bertz CT molecular complexity index is 528. The molecular weight excluding hydrogens is 352 g/mol. The highest BCUT2D eigenvalue weighted by molar-refractivity contribution is 8.01. The number of thioether (sulfide) groups is 1. The summed E-state index contributed by atoms with van der Waals surface area (Å²) in [5, 5.41) is 10.7. The minimum absolute atomic E-state index is 0.0389. The molecule has 5 nitrogen and oxygen atoms in total. The molecule has 2 rings (SSSR count). The first kappa shape index (κ1) is 21.5. The quantitative estimate of drug-likeness (QED) is 0.666. The van der Waals surface area contributed by atoms with Gasteiger partial charge >= 0.3 is 0 Å². The third-order valence-electron chi connectivity index (χ3n) is 4.55. The van der Waals surface area contributed by atoms with Crippen LogP contribution in [0.1, 0.15) is 33.3 Å². The minimum atomic E-state index is -0.462. The summed E-state index contributed by atoms with van der Waals surface area (Å²) in [6.07, 6.45) is -0.680. The molecule has 1 aliphatic heterocycles. The molecule has 26 heavy (non-hydrogen) atoms. The van der Waals surface area contributed by atoms with E-state index in [2.05, 4.69) is 13.8 Å². The molecule has 1 aromatic rings. The van der Waals surface area contributed by atoms with Gasteiger partial charge in [0.15, 0.2) is 6.29 Å². The SMILES string of the molecule is COc1ccc(COC[C@@H](C)C(O)C(C)SC(C)(C)C2OCCO2)cc1. The van der Waals surface area contributed by atoms with Gasteiger partial charge in [0.1, 0.15) is 5.75 Å². The molecule has 1 heterocycles. The van der Waals surface area contributed by atoms with Crippen LogP contribution in [0.15, 0.2) is 24.3 Å². The standard InChI is InChI=1S/C20H32O5S/c1-14(12-23-13-16-6-8-17(22-5)9-7-16)18(21)15(2)26-20(3,4)19-24-10-11-25-19/h6-9,14-15,18-19,21H,10-13H2,1-5H3/t14-,15?,18?/m1/s1. The highest BCUT2D eigenvalue weighted by atomic mass is 32.2. The predicted octanol–water partition coefficient (Wildman–Crippen LogP) is 3.48. The van der Waals surface area contributed by atoms with E-state index in [0.717, 1.165) is 11.3 Å². The summed E-state index contributed by atoms with van der Waals surface area (Å²) in [5.41, 5.74) is 1.09. The number of ether oxygens (including phenoxy) is 4. The number of aliphatic hydroxyl groups is 1. The third kappa shape index (κ3) is 6.13. The molecule has 1 fully saturated rings. The summed E-state index contributed by atoms with van der Waals surface area (Å²) in [5.74, 6) is 0.873. The first-order chi connectivity index (χ1) is 12.3. The zero-order chi connectivity index (χ0) is 19.2. The van der Waals surface area contributed by atoms with Crippen molar-refractivity contribution in [3.63, 3.8) is 0 Å². The molecule has 1 saturated heterocycles. The number of hydrogen-bond acceptors (Lipinski definition) is 6. The van der Waals surface area contributed by atoms with Crippen LogP contribution in [0, 0.1) is 5.92 Å². The Labute approximate surface area is 161 Å². The van der Waals surface area contributed by atoms with Crippen molar-refractivity contribution < 1.29 is 24.1 Å². The zero-order valence-electron chi connectivity index (χ0n) is 16.4. The Morgan fingerprint density at radius 2 is 1.81 bits per heavy atom. The van der Waals surface area contributed by atoms with Gasteiger partial charge in [-0.15, -0.1) is 11.8 Å². The van der Waals surface area contributed by atoms with E-state index in [-0.39, 0.29) is 22.2 Å². The monoisotopic (exact) mass is 384 g/mol. The van der Waals surface area contributed by atoms with Crippen molar-refractivity contribution in [2.45, 2.75) is 56.7 Å². The van der Waals surface area contributed by atoms with E-state index in [9.17, 15) is 5.11 Å². The molecule has 1 aliphatic rings. The molecule has 0 bridgehead atoms. The van der Waals surface area contributed by atoms with Gasteiger partial charge in [-0.2, -0.15) is 0 Å². The lowest BCUT2D eigenvalue weighted by atomic mass is 10.0. The van der Waals surface area contributed by atoms with Crippen LogP contribution in [0.2, 0.25) is 0 Å². The highest BCUT2D eigenvalue weighted by Crippen LogP contribution is 2.37. The van der Waals surface area contributed by atoms with Gasteiger partial charge in [-0.3, -0.25) is 0 Å². The predicted molar refractivity (Wildman–Crippen MR) is 105 cm³/mol. The molecule has 0 aliphatic carbocycles. The second-order valence-corrected chi connectivity index (χ2v) is 9.36. The first-order valence-corrected chi connectivity index (χ1v) is 10.0. The van der Waals surface area contributed by atoms with Crippen molar-refractivity contribution in [3.05, 3.63) is 29.8 Å². The lowest BCUT2D eigenvalue weighted by molar-refractivity contribution is -0.0617. The maximum Gasteiger partial charge on any atom is 0.171 e. The van der Waals surface area contributed by atoms with Crippen LogP contribution < -0.4 is 4.74 Å². The Hall–Kier alpha value is -0.790. The summed E-state index contributed by atoms with van der Waals surface area (Å²) in [7, 11) is 1.65. The van der Waals surface area contributed by atoms with Crippen LogP contribution >= 0.6 is 11.8 Å². The van der Waals surface area contributed by atoms with Crippen molar-refractivity contribution >= 4 is 11.8 Å². The van der Waals surface area contributed by atoms with Crippen molar-refractivity contribution in [2.75, 3.05) is 26.9 Å². The fraction of sp³-hybridized carbons (Fsp3) is 0.700. The van der Waals surface area contributed by atoms with Gasteiger partial charge in [-0.05, 0) is 31.5 Å². The Morgan fingerprint density at radius 1 is 1.19 bits per heavy atom. The van der Waals surface area contributed by atoms with E-state index in [1.54, 1.807) is 18.9 Å². The molecular formula is C20H32O5S. The summed E-state index contributed by atoms with van der Waals surface area (Å²) < 4.78 is 22.0. The van der Waals surface area contributed by atoms with Crippen LogP contribution in [-0.2, 0) is 20.8 Å². The summed E-state index contributed by atoms with van der Waals surface area (Å²) in [4.78, 5) is 0. The summed E-state index contributed by atoms with van der Waals surface area (Å²) >= 11 is 1.70. The van der Waals surface area contributed by atoms with Crippen molar-refractivity contribution in [1.82, 2.24) is 0 Å². The van der Waals surface area contributed by atoms with Crippen LogP contribution in [-0.4, -0.2) is 54.4 Å². The van der Waals surface area contributed by atoms with E-state index in [0.29, 0.717) is 26.4 Å². The topological polar surface area (TPSA) is 57.2 Å². The first-order valence-electron chi connectivity index (χ1n) is 9.13. The third-order valence-corrected chi connectivity index (χ3v) is 6.00. The van der Waals surface area contributed by atoms with Crippen LogP contribution in [0.5, 0.6) is 5.75 Å². The van der Waals surface area contributed by atoms with Crippen molar-refractivity contribution in [3.8, 4) is 5.75 Å². The second kappa shape index (κ2) is 9.95. The number of benzene rings is 1. The molecule has 0 radical (unpaired) electrons. The Morgan fingerprint density at radius 3 is 2.38 bits per heavy atom. The lowest BCUT2D eigenvalue weighted by Crippen LogP contribution is -2.39. The normalized spacial score (nSPS) is 19.3. The number of aliphatic hydroxyl groups excluding tert-OH is 1. The largest absolute Gasteiger partial charge is 0.497 e. The fourth-order valence-electron chi connectivity index (χ4n) is 3.01. The molecule has 0 amide bonds. The van der Waals surface area contributed by atoms with Crippen LogP contribution in [0.3, 0.4) is 0 Å². The maximum absolute atomic E-state index is 10.7. The van der Waals surface area contributed by atoms with E-state index in [4.69, 9.17) is 18.9 Å². The van der Waals surface area contributed by atoms with Gasteiger partial charge in [0.05, 0.1) is 44.4 Å². The Kier molecular flexibility index (Phi) is 8.23. The highest BCUT2D eigenvalue weighted by Gasteiger charge is 2.38. The van der Waals surface area contributed by atoms with Crippen LogP contribution in [0.25, 0.3) is 0 Å². The fourth-order valence-corrected chi connectivity index (χ4v) is 4.62. The summed E-state index contributed by atoms with van der Waals surface area (Å²) in [6, 6.07) is 7.82. The van der Waals surface area contributed by atoms with E-state index >= 15 is 0 Å². The number of hydrogen-bond donors (Lipinski definition) is 1. The average molecular weight is 385 g/mol. The molecule has 2 unspecified atom stereocenters. The average Bonchev–Trinajstić information content (AvgIpc) is 3.17. The van der Waals surface area contributed by atoms with E-state index in [1.807, 2.05) is 38.1 Å². The van der Waals surface area contributed by atoms with Gasteiger partial charge in [0, 0.05) is 11.2 Å². The zero-order valence-corrected chi connectivity index (χ0v) is 17.3. The molecule has 148 valence electrons. The molecule has 0 saturated carbocycles. The van der Waals surface area contributed by atoms with Gasteiger partial charge in [0.25, 0.3) is 0 Å². The maximum atomic E-state index is 10.7. The summed E-state index contributed by atoms with van der Waals surface area (Å²) in [6.45, 7) is 10.6. The number of methoxy groups -OCH3 is 1. The molecule has 3 atom stereocenters. The molecule has 0 spiro atoms. The van der Waals surface area contributed by atoms with Gasteiger partial charge in [0.2, 0.25) is 0 Å². The molecule has 6 heteroatoms. The van der Waals surface area contributed by atoms with Crippen molar-refractivity contribution in [2.24, 2.45) is 5.92 Å². The van der Waals surface area contributed by atoms with Gasteiger partial charge < -0.3 is 24.1 Å². The Balaban J connectivity index is 1.75. The molecule has 1 aromatic carbocycles. The van der Waals surface area contributed by atoms with E-state index in [1.165, 1.54) is 0 Å². The van der Waals surface area contributed by atoms with Gasteiger partial charge in [-0.1, -0.05) is 26.0 Å². The minimum Gasteiger partial charge on any atom is -0.497 e. The molecule has 1 N–H and O–H groups in total. The lowest BCUT2D eigenvalue weighted by Gasteiger charge is -2.34.